The van der Waals surface area contributed by atoms with E-state index in [0.717, 1.165) is 18.4 Å². The van der Waals surface area contributed by atoms with Gasteiger partial charge in [-0.3, -0.25) is 9.59 Å². The number of aliphatic hydroxyl groups is 1. The summed E-state index contributed by atoms with van der Waals surface area (Å²) in [5.74, 6) is -0.895. The predicted molar refractivity (Wildman–Crippen MR) is 84.8 cm³/mol. The summed E-state index contributed by atoms with van der Waals surface area (Å²) in [4.78, 5) is 23.3. The van der Waals surface area contributed by atoms with Crippen molar-refractivity contribution in [1.29, 1.82) is 0 Å². The molecule has 24 heavy (non-hydrogen) atoms. The van der Waals surface area contributed by atoms with Crippen molar-refractivity contribution in [3.05, 3.63) is 24.3 Å². The number of anilines is 1. The van der Waals surface area contributed by atoms with E-state index in [4.69, 9.17) is 5.11 Å². The van der Waals surface area contributed by atoms with Gasteiger partial charge in [0, 0.05) is 17.8 Å². The molecule has 1 unspecified atom stereocenters. The predicted octanol–water partition coefficient (Wildman–Crippen LogP) is 0.110. The van der Waals surface area contributed by atoms with E-state index >= 15 is 0 Å². The minimum absolute atomic E-state index is 0.0228. The molecule has 0 saturated heterocycles. The fourth-order valence-electron chi connectivity index (χ4n) is 2.16. The molecule has 1 aromatic carbocycles. The van der Waals surface area contributed by atoms with Gasteiger partial charge in [0.1, 0.15) is 0 Å². The number of aliphatic hydroxyl groups excluding tert-OH is 1. The monoisotopic (exact) mass is 330 g/mol. The summed E-state index contributed by atoms with van der Waals surface area (Å²) in [6.45, 7) is 1.54. The molecule has 0 bridgehead atoms. The van der Waals surface area contributed by atoms with E-state index in [9.17, 15) is 9.59 Å². The number of tetrazole rings is 1. The van der Waals surface area contributed by atoms with Gasteiger partial charge >= 0.3 is 11.8 Å². The smallest absolute Gasteiger partial charge is 0.313 e. The van der Waals surface area contributed by atoms with Crippen LogP contribution in [0, 0.1) is 0 Å². The molecular formula is C15H18N6O3. The number of nitrogens with one attached hydrogen (secondary N) is 2. The van der Waals surface area contributed by atoms with Gasteiger partial charge < -0.3 is 15.7 Å². The Morgan fingerprint density at radius 3 is 2.62 bits per heavy atom. The number of nitrogens with zero attached hydrogens (tertiary/aromatic N) is 4. The Morgan fingerprint density at radius 2 is 2.00 bits per heavy atom. The van der Waals surface area contributed by atoms with Gasteiger partial charge in [-0.2, -0.15) is 0 Å². The quantitative estimate of drug-likeness (QED) is 0.669. The van der Waals surface area contributed by atoms with Crippen molar-refractivity contribution in [2.75, 3.05) is 11.9 Å². The van der Waals surface area contributed by atoms with Crippen LogP contribution in [0.25, 0.3) is 11.4 Å². The number of amides is 2. The van der Waals surface area contributed by atoms with Crippen LogP contribution in [0.15, 0.2) is 24.3 Å². The summed E-state index contributed by atoms with van der Waals surface area (Å²) in [6, 6.07) is 7.30. The number of rotatable bonds is 5. The molecule has 9 heteroatoms. The van der Waals surface area contributed by atoms with Gasteiger partial charge in [-0.15, -0.1) is 5.10 Å². The maximum absolute atomic E-state index is 11.7. The van der Waals surface area contributed by atoms with Crippen LogP contribution in [0.5, 0.6) is 0 Å². The van der Waals surface area contributed by atoms with E-state index in [1.165, 1.54) is 6.92 Å². The second-order valence-electron chi connectivity index (χ2n) is 5.77. The standard InChI is InChI=1S/C15H18N6O3/c1-9(22)8-16-14(23)15(24)17-11-4-2-10(3-5-11)13-18-19-20-21(13)12-6-7-12/h2-5,9,12,22H,6-8H2,1H3,(H,16,23)(H,17,24). The zero-order chi connectivity index (χ0) is 17.1. The fraction of sp³-hybridized carbons (Fsp3) is 0.400. The fourth-order valence-corrected chi connectivity index (χ4v) is 2.16. The van der Waals surface area contributed by atoms with Crippen molar-refractivity contribution in [1.82, 2.24) is 25.5 Å². The van der Waals surface area contributed by atoms with E-state index in [0.29, 0.717) is 17.6 Å². The Hall–Kier alpha value is -2.81. The minimum atomic E-state index is -0.794. The molecule has 3 rings (SSSR count). The molecule has 2 amide bonds. The number of hydrogen-bond acceptors (Lipinski definition) is 6. The Labute approximate surface area is 138 Å². The van der Waals surface area contributed by atoms with Crippen molar-refractivity contribution in [2.45, 2.75) is 31.9 Å². The van der Waals surface area contributed by atoms with Gasteiger partial charge in [0.2, 0.25) is 0 Å². The summed E-state index contributed by atoms with van der Waals surface area (Å²) in [7, 11) is 0. The maximum Gasteiger partial charge on any atom is 0.313 e. The summed E-state index contributed by atoms with van der Waals surface area (Å²) < 4.78 is 1.80. The molecule has 1 saturated carbocycles. The molecular weight excluding hydrogens is 312 g/mol. The van der Waals surface area contributed by atoms with Crippen molar-refractivity contribution in [2.24, 2.45) is 0 Å². The van der Waals surface area contributed by atoms with Gasteiger partial charge in [0.15, 0.2) is 5.82 Å². The van der Waals surface area contributed by atoms with Crippen LogP contribution in [-0.2, 0) is 9.59 Å². The van der Waals surface area contributed by atoms with E-state index in [-0.39, 0.29) is 6.54 Å². The molecule has 126 valence electrons. The SMILES string of the molecule is CC(O)CNC(=O)C(=O)Nc1ccc(-c2nnnn2C2CC2)cc1. The highest BCUT2D eigenvalue weighted by molar-refractivity contribution is 6.39. The van der Waals surface area contributed by atoms with Gasteiger partial charge in [0.25, 0.3) is 0 Å². The zero-order valence-corrected chi connectivity index (χ0v) is 13.1. The maximum atomic E-state index is 11.7. The Morgan fingerprint density at radius 1 is 1.29 bits per heavy atom. The molecule has 0 spiro atoms. The third-order valence-corrected chi connectivity index (χ3v) is 3.55. The average Bonchev–Trinajstić information content (AvgIpc) is 3.30. The number of carbonyl (C=O) groups excluding carboxylic acids is 2. The van der Waals surface area contributed by atoms with Crippen molar-refractivity contribution < 1.29 is 14.7 Å². The lowest BCUT2D eigenvalue weighted by Gasteiger charge is -2.08. The molecule has 2 aromatic rings. The molecule has 0 radical (unpaired) electrons. The Balaban J connectivity index is 1.63. The first-order valence-electron chi connectivity index (χ1n) is 7.70. The van der Waals surface area contributed by atoms with Crippen molar-refractivity contribution in [3.8, 4) is 11.4 Å². The lowest BCUT2D eigenvalue weighted by Crippen LogP contribution is -2.38. The summed E-state index contributed by atoms with van der Waals surface area (Å²) in [6.07, 6.45) is 1.44. The highest BCUT2D eigenvalue weighted by atomic mass is 16.3. The lowest BCUT2D eigenvalue weighted by molar-refractivity contribution is -0.136. The van der Waals surface area contributed by atoms with Gasteiger partial charge in [-0.1, -0.05) is 0 Å². The second kappa shape index (κ2) is 6.75. The molecule has 0 aliphatic heterocycles. The molecule has 1 heterocycles. The first-order valence-corrected chi connectivity index (χ1v) is 7.70. The van der Waals surface area contributed by atoms with Crippen LogP contribution in [0.1, 0.15) is 25.8 Å². The van der Waals surface area contributed by atoms with Crippen LogP contribution >= 0.6 is 0 Å². The van der Waals surface area contributed by atoms with Crippen LogP contribution < -0.4 is 10.6 Å². The molecule has 1 aliphatic rings. The Bertz CT molecular complexity index is 736. The lowest BCUT2D eigenvalue weighted by atomic mass is 10.2. The number of benzene rings is 1. The summed E-state index contributed by atoms with van der Waals surface area (Å²) in [5.41, 5.74) is 1.32. The molecule has 3 N–H and O–H groups in total. The Kier molecular flexibility index (Phi) is 4.52. The van der Waals surface area contributed by atoms with Crippen LogP contribution in [0.2, 0.25) is 0 Å². The largest absolute Gasteiger partial charge is 0.392 e. The third kappa shape index (κ3) is 3.74. The summed E-state index contributed by atoms with van der Waals surface area (Å²) >= 11 is 0. The van der Waals surface area contributed by atoms with E-state index in [1.54, 1.807) is 28.9 Å². The van der Waals surface area contributed by atoms with Gasteiger partial charge in [-0.25, -0.2) is 4.68 Å². The number of aromatic nitrogens is 4. The zero-order valence-electron chi connectivity index (χ0n) is 13.1. The van der Waals surface area contributed by atoms with Crippen LogP contribution in [0.4, 0.5) is 5.69 Å². The van der Waals surface area contributed by atoms with E-state index in [2.05, 4.69) is 26.2 Å². The number of carbonyl (C=O) groups is 2. The highest BCUT2D eigenvalue weighted by Gasteiger charge is 2.28. The van der Waals surface area contributed by atoms with Crippen molar-refractivity contribution in [3.63, 3.8) is 0 Å². The first kappa shape index (κ1) is 16.1. The minimum Gasteiger partial charge on any atom is -0.392 e. The summed E-state index contributed by atoms with van der Waals surface area (Å²) in [5, 5.41) is 25.7. The topological polar surface area (TPSA) is 122 Å². The molecule has 1 aromatic heterocycles. The van der Waals surface area contributed by atoms with E-state index < -0.39 is 17.9 Å². The first-order chi connectivity index (χ1) is 11.5. The average molecular weight is 330 g/mol. The molecule has 1 aliphatic carbocycles. The van der Waals surface area contributed by atoms with Gasteiger partial charge in [-0.05, 0) is 54.5 Å². The molecule has 1 fully saturated rings. The van der Waals surface area contributed by atoms with Crippen LogP contribution in [0.3, 0.4) is 0 Å². The van der Waals surface area contributed by atoms with Crippen molar-refractivity contribution >= 4 is 17.5 Å². The van der Waals surface area contributed by atoms with Gasteiger partial charge in [0.05, 0.1) is 12.1 Å². The normalized spacial score (nSPS) is 14.9. The van der Waals surface area contributed by atoms with E-state index in [1.807, 2.05) is 0 Å². The molecule has 1 atom stereocenters. The third-order valence-electron chi connectivity index (χ3n) is 3.55. The van der Waals surface area contributed by atoms with Crippen LogP contribution in [-0.4, -0.2) is 49.8 Å². The number of hydrogen-bond donors (Lipinski definition) is 3. The highest BCUT2D eigenvalue weighted by Crippen LogP contribution is 2.36. The second-order valence-corrected chi connectivity index (χ2v) is 5.77. The molecule has 9 nitrogen and oxygen atoms in total.